The zero-order valence-corrected chi connectivity index (χ0v) is 21.0. The van der Waals surface area contributed by atoms with Crippen molar-refractivity contribution in [2.24, 2.45) is 14.1 Å². The van der Waals surface area contributed by atoms with Crippen LogP contribution >= 0.6 is 11.6 Å². The maximum Gasteiger partial charge on any atom is 0.432 e. The molecule has 8 nitrogen and oxygen atoms in total. The van der Waals surface area contributed by atoms with Gasteiger partial charge in [-0.2, -0.15) is 13.2 Å². The van der Waals surface area contributed by atoms with Crippen molar-refractivity contribution >= 4 is 23.5 Å². The molecule has 0 radical (unpaired) electrons. The van der Waals surface area contributed by atoms with Crippen LogP contribution in [-0.4, -0.2) is 34.2 Å². The topological polar surface area (TPSA) is 99.4 Å². The van der Waals surface area contributed by atoms with Gasteiger partial charge in [0.2, 0.25) is 0 Å². The predicted octanol–water partition coefficient (Wildman–Crippen LogP) is 3.25. The number of nitrogens with zero attached hydrogens (tertiary/aromatic N) is 2. The fraction of sp³-hybridized carbons (Fsp3) is 0.280. The van der Waals surface area contributed by atoms with E-state index < -0.39 is 46.6 Å². The highest BCUT2D eigenvalue weighted by Crippen LogP contribution is 2.34. The highest BCUT2D eigenvalue weighted by Gasteiger charge is 2.39. The minimum atomic E-state index is -4.97. The van der Waals surface area contributed by atoms with Gasteiger partial charge in [0, 0.05) is 20.5 Å². The minimum absolute atomic E-state index is 0.0559. The van der Waals surface area contributed by atoms with E-state index in [1.54, 1.807) is 19.1 Å². The first-order valence-electron chi connectivity index (χ1n) is 10.9. The molecule has 0 unspecified atom stereocenters. The van der Waals surface area contributed by atoms with Gasteiger partial charge >= 0.3 is 17.8 Å². The lowest BCUT2D eigenvalue weighted by molar-refractivity contribution is -0.144. The van der Waals surface area contributed by atoms with Gasteiger partial charge in [-0.3, -0.25) is 18.7 Å². The Morgan fingerprint density at radius 2 is 1.68 bits per heavy atom. The summed E-state index contributed by atoms with van der Waals surface area (Å²) in [5.74, 6) is -1.34. The normalized spacial score (nSPS) is 12.2. The Morgan fingerprint density at radius 1 is 1.05 bits per heavy atom. The summed E-state index contributed by atoms with van der Waals surface area (Å²) in [4.78, 5) is 49.9. The number of carbonyl (C=O) groups is 2. The van der Waals surface area contributed by atoms with Crippen LogP contribution in [0.3, 0.4) is 0 Å². The molecule has 37 heavy (non-hydrogen) atoms. The third-order valence-electron chi connectivity index (χ3n) is 5.86. The number of aryl methyl sites for hydroxylation is 1. The molecule has 3 rings (SSSR count). The number of esters is 1. The molecule has 0 aliphatic carbocycles. The molecule has 1 aromatic heterocycles. The molecule has 0 bridgehead atoms. The molecule has 0 saturated heterocycles. The number of nitrogens with one attached hydrogen (secondary N) is 1. The fourth-order valence-electron chi connectivity index (χ4n) is 3.96. The van der Waals surface area contributed by atoms with Gasteiger partial charge in [0.25, 0.3) is 11.5 Å². The first-order chi connectivity index (χ1) is 17.3. The maximum absolute atomic E-state index is 13.8. The van der Waals surface area contributed by atoms with Crippen molar-refractivity contribution in [3.63, 3.8) is 0 Å². The summed E-state index contributed by atoms with van der Waals surface area (Å²) in [5, 5.41) is 2.78. The first-order valence-corrected chi connectivity index (χ1v) is 11.3. The van der Waals surface area contributed by atoms with Crippen LogP contribution in [0.4, 0.5) is 13.2 Å². The molecule has 1 N–H and O–H groups in total. The van der Waals surface area contributed by atoms with Gasteiger partial charge in [-0.25, -0.2) is 9.59 Å². The van der Waals surface area contributed by atoms with E-state index in [1.165, 1.54) is 30.3 Å². The van der Waals surface area contributed by atoms with Crippen molar-refractivity contribution in [3.05, 3.63) is 90.7 Å². The van der Waals surface area contributed by atoms with Crippen molar-refractivity contribution in [1.29, 1.82) is 0 Å². The van der Waals surface area contributed by atoms with E-state index in [-0.39, 0.29) is 22.6 Å². The summed E-state index contributed by atoms with van der Waals surface area (Å²) in [6.07, 6.45) is -5.02. The Morgan fingerprint density at radius 3 is 2.22 bits per heavy atom. The summed E-state index contributed by atoms with van der Waals surface area (Å²) in [6.45, 7) is 1.69. The number of methoxy groups -OCH3 is 1. The average molecular weight is 538 g/mol. The number of alkyl halides is 3. The van der Waals surface area contributed by atoms with Crippen molar-refractivity contribution in [1.82, 2.24) is 14.5 Å². The number of carbonyl (C=O) groups excluding carboxylic acids is 2. The van der Waals surface area contributed by atoms with Crippen molar-refractivity contribution in [3.8, 4) is 11.1 Å². The molecule has 1 amide bonds. The molecule has 0 aliphatic rings. The smallest absolute Gasteiger partial charge is 0.432 e. The largest absolute Gasteiger partial charge is 0.467 e. The lowest BCUT2D eigenvalue weighted by atomic mass is 9.99. The number of benzene rings is 2. The Hall–Kier alpha value is -3.86. The molecule has 12 heteroatoms. The zero-order valence-electron chi connectivity index (χ0n) is 20.3. The fourth-order valence-corrected chi connectivity index (χ4v) is 4.27. The Labute approximate surface area is 214 Å². The van der Waals surface area contributed by atoms with Crippen molar-refractivity contribution < 1.29 is 27.5 Å². The second-order valence-electron chi connectivity index (χ2n) is 8.31. The number of aromatic nitrogens is 2. The third-order valence-corrected chi connectivity index (χ3v) is 6.17. The average Bonchev–Trinajstić information content (AvgIpc) is 2.83. The number of rotatable bonds is 6. The SMILES string of the molecule is COC(=O)[C@H](Cc1ccc(-c2c(C(F)(F)F)n(C)c(=O)n(C)c2=O)cc1)NC(=O)c1c(C)cccc1Cl. The monoisotopic (exact) mass is 537 g/mol. The molecule has 3 aromatic rings. The van der Waals surface area contributed by atoms with Gasteiger partial charge < -0.3 is 10.1 Å². The lowest BCUT2D eigenvalue weighted by Crippen LogP contribution is -2.43. The van der Waals surface area contributed by atoms with Gasteiger partial charge in [-0.15, -0.1) is 0 Å². The summed E-state index contributed by atoms with van der Waals surface area (Å²) in [6, 6.07) is 9.16. The number of hydrogen-bond acceptors (Lipinski definition) is 5. The molecule has 1 atom stereocenters. The molecule has 196 valence electrons. The van der Waals surface area contributed by atoms with E-state index >= 15 is 0 Å². The van der Waals surface area contributed by atoms with Crippen LogP contribution in [0, 0.1) is 6.92 Å². The highest BCUT2D eigenvalue weighted by molar-refractivity contribution is 6.34. The molecule has 0 aliphatic heterocycles. The molecule has 0 fully saturated rings. The summed E-state index contributed by atoms with van der Waals surface area (Å²) >= 11 is 6.14. The Bertz CT molecular complexity index is 1460. The van der Waals surface area contributed by atoms with Gasteiger partial charge in [0.15, 0.2) is 0 Å². The Balaban J connectivity index is 1.97. The van der Waals surface area contributed by atoms with Crippen LogP contribution in [0.15, 0.2) is 52.1 Å². The molecule has 0 spiro atoms. The number of halogens is 4. The number of amides is 1. The van der Waals surface area contributed by atoms with E-state index in [4.69, 9.17) is 16.3 Å². The molecule has 0 saturated carbocycles. The van der Waals surface area contributed by atoms with Gasteiger partial charge in [-0.05, 0) is 29.7 Å². The third kappa shape index (κ3) is 5.61. The van der Waals surface area contributed by atoms with Crippen LogP contribution < -0.4 is 16.6 Å². The quantitative estimate of drug-likeness (QED) is 0.487. The first kappa shape index (κ1) is 27.7. The van der Waals surface area contributed by atoms with Crippen LogP contribution in [0.25, 0.3) is 11.1 Å². The van der Waals surface area contributed by atoms with Crippen LogP contribution in [-0.2, 0) is 36.2 Å². The van der Waals surface area contributed by atoms with Crippen LogP contribution in [0.2, 0.25) is 5.02 Å². The van der Waals surface area contributed by atoms with E-state index in [0.717, 1.165) is 21.2 Å². The van der Waals surface area contributed by atoms with Crippen molar-refractivity contribution in [2.45, 2.75) is 25.6 Å². The standard InChI is InChI=1S/C25H23ClF3N3O5/c1-13-6-5-7-16(26)18(13)21(33)30-17(23(35)37-4)12-14-8-10-15(11-9-14)19-20(25(27,28)29)31(2)24(36)32(3)22(19)34/h5-11,17H,12H2,1-4H3,(H,30,33)/t17-/m0/s1. The predicted molar refractivity (Wildman–Crippen MR) is 131 cm³/mol. The number of hydrogen-bond donors (Lipinski definition) is 1. The summed E-state index contributed by atoms with van der Waals surface area (Å²) in [5.41, 5.74) is -3.08. The molecular formula is C25H23ClF3N3O5. The van der Waals surface area contributed by atoms with E-state index in [2.05, 4.69) is 5.32 Å². The minimum Gasteiger partial charge on any atom is -0.467 e. The van der Waals surface area contributed by atoms with Crippen LogP contribution in [0.5, 0.6) is 0 Å². The van der Waals surface area contributed by atoms with Gasteiger partial charge in [0.1, 0.15) is 11.7 Å². The maximum atomic E-state index is 13.8. The van der Waals surface area contributed by atoms with Crippen molar-refractivity contribution in [2.75, 3.05) is 7.11 Å². The Kier molecular flexibility index (Phi) is 7.97. The van der Waals surface area contributed by atoms with Gasteiger partial charge in [0.05, 0.1) is 23.3 Å². The molecule has 1 heterocycles. The summed E-state index contributed by atoms with van der Waals surface area (Å²) in [7, 11) is 3.18. The van der Waals surface area contributed by atoms with E-state index in [0.29, 0.717) is 20.3 Å². The molecular weight excluding hydrogens is 515 g/mol. The lowest BCUT2D eigenvalue weighted by Gasteiger charge is -2.19. The second-order valence-corrected chi connectivity index (χ2v) is 8.72. The zero-order chi connectivity index (χ0) is 27.7. The highest BCUT2D eigenvalue weighted by atomic mass is 35.5. The van der Waals surface area contributed by atoms with E-state index in [1.807, 2.05) is 0 Å². The van der Waals surface area contributed by atoms with Crippen LogP contribution in [0.1, 0.15) is 27.2 Å². The number of ether oxygens (including phenoxy) is 1. The van der Waals surface area contributed by atoms with E-state index in [9.17, 15) is 32.3 Å². The summed E-state index contributed by atoms with van der Waals surface area (Å²) < 4.78 is 47.1. The molecule has 2 aromatic carbocycles. The second kappa shape index (κ2) is 10.6. The van der Waals surface area contributed by atoms with Gasteiger partial charge in [-0.1, -0.05) is 48.0 Å².